The van der Waals surface area contributed by atoms with Gasteiger partial charge in [-0.25, -0.2) is 32.2 Å². The van der Waals surface area contributed by atoms with Gasteiger partial charge in [0, 0.05) is 38.9 Å². The molecule has 2 aromatic carbocycles. The summed E-state index contributed by atoms with van der Waals surface area (Å²) in [6.45, 7) is 2.01. The van der Waals surface area contributed by atoms with Crippen molar-refractivity contribution in [3.05, 3.63) is 78.9 Å². The second-order valence-corrected chi connectivity index (χ2v) is 13.3. The molecule has 0 bridgehead atoms. The lowest BCUT2D eigenvalue weighted by Crippen LogP contribution is -2.37. The summed E-state index contributed by atoms with van der Waals surface area (Å²) in [6, 6.07) is 11.9. The van der Waals surface area contributed by atoms with Crippen LogP contribution in [0, 0.1) is 0 Å². The Morgan fingerprint density at radius 2 is 1.76 bits per heavy atom. The quantitative estimate of drug-likeness (QED) is 0.104. The van der Waals surface area contributed by atoms with Crippen LogP contribution in [0.5, 0.6) is 11.8 Å². The van der Waals surface area contributed by atoms with Crippen molar-refractivity contribution in [2.75, 3.05) is 48.0 Å². The van der Waals surface area contributed by atoms with Gasteiger partial charge in [0.25, 0.3) is 0 Å². The van der Waals surface area contributed by atoms with Crippen molar-refractivity contribution in [1.82, 2.24) is 28.9 Å². The predicted molar refractivity (Wildman–Crippen MR) is 169 cm³/mol. The molecule has 0 radical (unpaired) electrons. The highest BCUT2D eigenvalue weighted by Gasteiger charge is 2.33. The van der Waals surface area contributed by atoms with Gasteiger partial charge in [-0.1, -0.05) is 12.1 Å². The topological polar surface area (TPSA) is 130 Å². The van der Waals surface area contributed by atoms with Crippen LogP contribution in [0.1, 0.15) is 12.0 Å². The molecule has 0 amide bonds. The number of ether oxygens (including phenoxy) is 1. The van der Waals surface area contributed by atoms with Crippen LogP contribution >= 0.6 is 11.9 Å². The molecule has 17 heteroatoms. The minimum Gasteiger partial charge on any atom is -0.424 e. The van der Waals surface area contributed by atoms with Gasteiger partial charge in [-0.15, -0.1) is 0 Å². The van der Waals surface area contributed by atoms with Crippen molar-refractivity contribution >= 4 is 44.8 Å². The Kier molecular flexibility index (Phi) is 8.63. The number of sulfonamides is 1. The third-order valence-electron chi connectivity index (χ3n) is 7.13. The number of aromatic nitrogens is 5. The molecule has 12 nitrogen and oxygen atoms in total. The Balaban J connectivity index is 1.05. The van der Waals surface area contributed by atoms with Crippen molar-refractivity contribution < 1.29 is 26.3 Å². The number of nitrogens with one attached hydrogen (secondary N) is 2. The summed E-state index contributed by atoms with van der Waals surface area (Å²) in [6.07, 6.45) is 3.21. The van der Waals surface area contributed by atoms with E-state index in [2.05, 4.69) is 30.0 Å². The summed E-state index contributed by atoms with van der Waals surface area (Å²) in [7, 11) is -1.38. The molecule has 0 saturated carbocycles. The molecule has 5 aromatic rings. The van der Waals surface area contributed by atoms with Crippen molar-refractivity contribution in [1.29, 1.82) is 0 Å². The Hall–Kier alpha value is -4.61. The summed E-state index contributed by atoms with van der Waals surface area (Å²) >= 11 is 0.965. The SMILES string of the molecule is CN(C)S(=O)(=O)c1ccc(C(F)(F)F)cc1NSCNc1cnc(Oc2ccc(-c3cnn4ccc(N5CCC5)nc34)cc2)nc1. The first-order valence-electron chi connectivity index (χ1n) is 13.9. The van der Waals surface area contributed by atoms with Crippen LogP contribution < -0.4 is 19.7 Å². The van der Waals surface area contributed by atoms with Gasteiger partial charge < -0.3 is 19.7 Å². The van der Waals surface area contributed by atoms with Crippen molar-refractivity contribution in [2.24, 2.45) is 0 Å². The van der Waals surface area contributed by atoms with Gasteiger partial charge >= 0.3 is 12.2 Å². The highest BCUT2D eigenvalue weighted by atomic mass is 32.2. The molecule has 1 aliphatic rings. The molecule has 1 aliphatic heterocycles. The van der Waals surface area contributed by atoms with Crippen LogP contribution in [0.25, 0.3) is 16.8 Å². The van der Waals surface area contributed by atoms with E-state index < -0.39 is 21.8 Å². The van der Waals surface area contributed by atoms with Crippen molar-refractivity contribution in [2.45, 2.75) is 17.5 Å². The van der Waals surface area contributed by atoms with Gasteiger partial charge in [-0.05, 0) is 60.3 Å². The van der Waals surface area contributed by atoms with Gasteiger partial charge in [0.05, 0.1) is 41.4 Å². The summed E-state index contributed by atoms with van der Waals surface area (Å²) in [5.41, 5.74) is 1.96. The van der Waals surface area contributed by atoms with Crippen LogP contribution in [0.4, 0.5) is 30.4 Å². The Morgan fingerprint density at radius 3 is 2.41 bits per heavy atom. The molecular weight excluding hydrogens is 644 g/mol. The van der Waals surface area contributed by atoms with Gasteiger partial charge in [0.15, 0.2) is 5.65 Å². The molecule has 0 spiro atoms. The summed E-state index contributed by atoms with van der Waals surface area (Å²) < 4.78 is 76.3. The Labute approximate surface area is 266 Å². The fourth-order valence-electron chi connectivity index (χ4n) is 4.49. The molecule has 0 unspecified atom stereocenters. The maximum atomic E-state index is 13.3. The summed E-state index contributed by atoms with van der Waals surface area (Å²) in [5.74, 6) is 1.62. The zero-order valence-electron chi connectivity index (χ0n) is 24.6. The highest BCUT2D eigenvalue weighted by molar-refractivity contribution is 8.00. The molecule has 1 fully saturated rings. The number of halogens is 3. The molecule has 6 rings (SSSR count). The van der Waals surface area contributed by atoms with Gasteiger partial charge in [-0.2, -0.15) is 18.3 Å². The van der Waals surface area contributed by atoms with Crippen LogP contribution in [-0.4, -0.2) is 70.4 Å². The predicted octanol–water partition coefficient (Wildman–Crippen LogP) is 5.59. The normalized spacial score (nSPS) is 13.6. The lowest BCUT2D eigenvalue weighted by atomic mass is 10.1. The molecule has 0 aliphatic carbocycles. The van der Waals surface area contributed by atoms with Crippen molar-refractivity contribution in [3.63, 3.8) is 0 Å². The van der Waals surface area contributed by atoms with Crippen LogP contribution in [0.3, 0.4) is 0 Å². The van der Waals surface area contributed by atoms with E-state index in [0.29, 0.717) is 11.4 Å². The molecular formula is C29H28F3N9O3S2. The number of hydrogen-bond donors (Lipinski definition) is 2. The minimum atomic E-state index is -4.63. The average molecular weight is 672 g/mol. The third-order valence-corrected chi connectivity index (χ3v) is 9.66. The smallest absolute Gasteiger partial charge is 0.416 e. The maximum absolute atomic E-state index is 13.3. The first-order chi connectivity index (χ1) is 22.0. The zero-order chi connectivity index (χ0) is 32.5. The highest BCUT2D eigenvalue weighted by Crippen LogP contribution is 2.35. The number of hydrogen-bond acceptors (Lipinski definition) is 11. The van der Waals surface area contributed by atoms with E-state index in [-0.39, 0.29) is 22.5 Å². The second kappa shape index (κ2) is 12.6. The lowest BCUT2D eigenvalue weighted by Gasteiger charge is -2.31. The van der Waals surface area contributed by atoms with Crippen LogP contribution in [0.15, 0.2) is 78.2 Å². The molecule has 3 aromatic heterocycles. The zero-order valence-corrected chi connectivity index (χ0v) is 26.2. The largest absolute Gasteiger partial charge is 0.424 e. The molecule has 0 atom stereocenters. The Morgan fingerprint density at radius 1 is 1.02 bits per heavy atom. The van der Waals surface area contributed by atoms with E-state index in [1.54, 1.807) is 22.8 Å². The third kappa shape index (κ3) is 6.66. The number of fused-ring (bicyclic) bond motifs is 1. The fourth-order valence-corrected chi connectivity index (χ4v) is 6.21. The van der Waals surface area contributed by atoms with E-state index in [1.807, 2.05) is 24.4 Å². The second-order valence-electron chi connectivity index (χ2n) is 10.4. The van der Waals surface area contributed by atoms with Crippen molar-refractivity contribution in [3.8, 4) is 22.9 Å². The van der Waals surface area contributed by atoms with Crippen LogP contribution in [0.2, 0.25) is 0 Å². The summed E-state index contributed by atoms with van der Waals surface area (Å²) in [4.78, 5) is 15.2. The van der Waals surface area contributed by atoms with Gasteiger partial charge in [0.1, 0.15) is 16.5 Å². The molecule has 2 N–H and O–H groups in total. The summed E-state index contributed by atoms with van der Waals surface area (Å²) in [5, 5.41) is 7.43. The average Bonchev–Trinajstić information content (AvgIpc) is 3.42. The number of nitrogens with zero attached hydrogens (tertiary/aromatic N) is 7. The number of benzene rings is 2. The fraction of sp³-hybridized carbons (Fsp3) is 0.241. The van der Waals surface area contributed by atoms with E-state index in [0.717, 1.165) is 70.1 Å². The number of alkyl halides is 3. The lowest BCUT2D eigenvalue weighted by molar-refractivity contribution is -0.137. The number of anilines is 3. The van der Waals surface area contributed by atoms with Gasteiger partial charge in [0.2, 0.25) is 10.0 Å². The monoisotopic (exact) mass is 671 g/mol. The number of rotatable bonds is 11. The maximum Gasteiger partial charge on any atom is 0.416 e. The molecule has 4 heterocycles. The van der Waals surface area contributed by atoms with Gasteiger partial charge in [-0.3, -0.25) is 0 Å². The molecule has 1 saturated heterocycles. The molecule has 46 heavy (non-hydrogen) atoms. The van der Waals surface area contributed by atoms with E-state index >= 15 is 0 Å². The minimum absolute atomic E-state index is 0.114. The first kappa shape index (κ1) is 31.4. The molecule has 240 valence electrons. The Bertz CT molecular complexity index is 1950. The van der Waals surface area contributed by atoms with E-state index in [1.165, 1.54) is 32.9 Å². The van der Waals surface area contributed by atoms with Crippen LogP contribution in [-0.2, 0) is 16.2 Å². The first-order valence-corrected chi connectivity index (χ1v) is 16.4. The van der Waals surface area contributed by atoms with E-state index in [4.69, 9.17) is 9.72 Å². The van der Waals surface area contributed by atoms with E-state index in [9.17, 15) is 21.6 Å². The standard InChI is InChI=1S/C29H28F3N9O3S2/c1-39(2)46(42,43)25-9-6-20(29(30,31)32)14-24(25)38-45-18-35-21-15-33-28(34-16-21)44-22-7-4-19(5-8-22)23-17-36-41-13-10-26(37-27(23)41)40-11-3-12-40/h4-10,13-17,35,38H,3,11-12,18H2,1-2H3.